The van der Waals surface area contributed by atoms with Gasteiger partial charge in [-0.15, -0.1) is 0 Å². The van der Waals surface area contributed by atoms with Gasteiger partial charge in [0.1, 0.15) is 11.9 Å². The van der Waals surface area contributed by atoms with E-state index in [2.05, 4.69) is 27.5 Å². The Hall–Kier alpha value is -2.09. The SMILES string of the molecule is C=CNC(CC(NCCNC(=O)OC(C)C)C(=O)OC)=NC. The maximum Gasteiger partial charge on any atom is 0.407 e. The molecule has 0 bridgehead atoms. The molecular formula is C14H26N4O4. The number of esters is 1. The molecule has 1 unspecified atom stereocenters. The Morgan fingerprint density at radius 2 is 2.00 bits per heavy atom. The second kappa shape index (κ2) is 11.6. The monoisotopic (exact) mass is 314 g/mol. The number of methoxy groups -OCH3 is 1. The van der Waals surface area contributed by atoms with Gasteiger partial charge in [0, 0.05) is 26.6 Å². The second-order valence-corrected chi connectivity index (χ2v) is 4.63. The van der Waals surface area contributed by atoms with Crippen LogP contribution in [0.2, 0.25) is 0 Å². The van der Waals surface area contributed by atoms with Crippen molar-refractivity contribution in [2.75, 3.05) is 27.2 Å². The molecule has 126 valence electrons. The van der Waals surface area contributed by atoms with E-state index in [0.29, 0.717) is 25.3 Å². The Labute approximate surface area is 131 Å². The number of nitrogens with zero attached hydrogens (tertiary/aromatic N) is 1. The van der Waals surface area contributed by atoms with Crippen molar-refractivity contribution in [3.8, 4) is 0 Å². The number of hydrogen-bond acceptors (Lipinski definition) is 6. The van der Waals surface area contributed by atoms with Crippen LogP contribution in [0.15, 0.2) is 17.8 Å². The zero-order chi connectivity index (χ0) is 17.0. The van der Waals surface area contributed by atoms with E-state index in [0.717, 1.165) is 0 Å². The fraction of sp³-hybridized carbons (Fsp3) is 0.643. The summed E-state index contributed by atoms with van der Waals surface area (Å²) in [6.45, 7) is 7.80. The minimum Gasteiger partial charge on any atom is -0.468 e. The van der Waals surface area contributed by atoms with E-state index in [1.807, 2.05) is 0 Å². The number of carbonyl (C=O) groups is 2. The molecule has 0 saturated carbocycles. The first-order chi connectivity index (χ1) is 10.4. The molecular weight excluding hydrogens is 288 g/mol. The number of hydrogen-bond donors (Lipinski definition) is 3. The summed E-state index contributed by atoms with van der Waals surface area (Å²) >= 11 is 0. The molecule has 0 heterocycles. The number of amidine groups is 1. The van der Waals surface area contributed by atoms with Gasteiger partial charge in [-0.25, -0.2) is 4.79 Å². The highest BCUT2D eigenvalue weighted by molar-refractivity contribution is 5.89. The van der Waals surface area contributed by atoms with Gasteiger partial charge in [0.05, 0.1) is 13.2 Å². The van der Waals surface area contributed by atoms with Crippen molar-refractivity contribution in [2.45, 2.75) is 32.4 Å². The summed E-state index contributed by atoms with van der Waals surface area (Å²) in [6.07, 6.45) is 1.14. The lowest BCUT2D eigenvalue weighted by molar-refractivity contribution is -0.142. The molecule has 1 amide bonds. The third-order valence-corrected chi connectivity index (χ3v) is 2.55. The zero-order valence-corrected chi connectivity index (χ0v) is 13.6. The Balaban J connectivity index is 4.29. The highest BCUT2D eigenvalue weighted by atomic mass is 16.6. The fourth-order valence-electron chi connectivity index (χ4n) is 1.57. The molecule has 0 aliphatic rings. The van der Waals surface area contributed by atoms with Gasteiger partial charge in [-0.05, 0) is 20.0 Å². The Morgan fingerprint density at radius 1 is 1.32 bits per heavy atom. The molecule has 0 aromatic rings. The lowest BCUT2D eigenvalue weighted by atomic mass is 10.2. The first kappa shape index (κ1) is 19.9. The average Bonchev–Trinajstić information content (AvgIpc) is 2.47. The predicted molar refractivity (Wildman–Crippen MR) is 84.7 cm³/mol. The van der Waals surface area contributed by atoms with Crippen LogP contribution in [0.25, 0.3) is 0 Å². The van der Waals surface area contributed by atoms with Crippen LogP contribution < -0.4 is 16.0 Å². The molecule has 0 radical (unpaired) electrons. The van der Waals surface area contributed by atoms with Crippen LogP contribution in [0.1, 0.15) is 20.3 Å². The zero-order valence-electron chi connectivity index (χ0n) is 13.6. The first-order valence-corrected chi connectivity index (χ1v) is 7.03. The average molecular weight is 314 g/mol. The van der Waals surface area contributed by atoms with Crippen molar-refractivity contribution < 1.29 is 19.1 Å². The van der Waals surface area contributed by atoms with E-state index in [4.69, 9.17) is 9.47 Å². The molecule has 0 aliphatic heterocycles. The number of ether oxygens (including phenoxy) is 2. The first-order valence-electron chi connectivity index (χ1n) is 7.03. The summed E-state index contributed by atoms with van der Waals surface area (Å²) in [4.78, 5) is 27.1. The van der Waals surface area contributed by atoms with Crippen molar-refractivity contribution in [1.29, 1.82) is 0 Å². The van der Waals surface area contributed by atoms with E-state index in [-0.39, 0.29) is 6.10 Å². The van der Waals surface area contributed by atoms with Gasteiger partial charge in [-0.2, -0.15) is 0 Å². The number of nitrogens with one attached hydrogen (secondary N) is 3. The van der Waals surface area contributed by atoms with E-state index in [9.17, 15) is 9.59 Å². The molecule has 8 heteroatoms. The Bertz CT molecular complexity index is 396. The summed E-state index contributed by atoms with van der Waals surface area (Å²) in [5, 5.41) is 8.43. The third-order valence-electron chi connectivity index (χ3n) is 2.55. The molecule has 1 atom stereocenters. The summed E-state index contributed by atoms with van der Waals surface area (Å²) < 4.78 is 9.67. The number of carbonyl (C=O) groups excluding carboxylic acids is 2. The van der Waals surface area contributed by atoms with Gasteiger partial charge >= 0.3 is 12.1 Å². The number of rotatable bonds is 9. The lowest BCUT2D eigenvalue weighted by Gasteiger charge is -2.17. The molecule has 0 aliphatic carbocycles. The van der Waals surface area contributed by atoms with Crippen molar-refractivity contribution >= 4 is 17.9 Å². The molecule has 0 aromatic heterocycles. The van der Waals surface area contributed by atoms with Crippen LogP contribution in [-0.4, -0.2) is 57.3 Å². The quantitative estimate of drug-likeness (QED) is 0.246. The van der Waals surface area contributed by atoms with Crippen LogP contribution >= 0.6 is 0 Å². The molecule has 0 fully saturated rings. The molecule has 0 rings (SSSR count). The minimum atomic E-state index is -0.570. The highest BCUT2D eigenvalue weighted by Gasteiger charge is 2.20. The largest absolute Gasteiger partial charge is 0.468 e. The van der Waals surface area contributed by atoms with E-state index in [1.165, 1.54) is 13.3 Å². The van der Waals surface area contributed by atoms with Gasteiger partial charge < -0.3 is 25.4 Å². The maximum atomic E-state index is 11.7. The third kappa shape index (κ3) is 8.96. The Kier molecular flexibility index (Phi) is 10.5. The van der Waals surface area contributed by atoms with Crippen molar-refractivity contribution in [3.05, 3.63) is 12.8 Å². The van der Waals surface area contributed by atoms with Gasteiger partial charge in [-0.3, -0.25) is 9.79 Å². The number of aliphatic imine (C=N–C) groups is 1. The lowest BCUT2D eigenvalue weighted by Crippen LogP contribution is -2.44. The standard InChI is InChI=1S/C14H26N4O4/c1-6-16-12(15-4)9-11(13(19)21-5)17-7-8-18-14(20)22-10(2)3/h6,10-11,17H,1,7-9H2,2-5H3,(H,15,16)(H,18,20). The second-order valence-electron chi connectivity index (χ2n) is 4.63. The van der Waals surface area contributed by atoms with Crippen LogP contribution in [0.4, 0.5) is 4.79 Å². The molecule has 0 aromatic carbocycles. The van der Waals surface area contributed by atoms with E-state index < -0.39 is 18.1 Å². The molecule has 0 saturated heterocycles. The van der Waals surface area contributed by atoms with E-state index >= 15 is 0 Å². The molecule has 22 heavy (non-hydrogen) atoms. The maximum absolute atomic E-state index is 11.7. The van der Waals surface area contributed by atoms with Gasteiger partial charge in [0.15, 0.2) is 0 Å². The molecule has 3 N–H and O–H groups in total. The minimum absolute atomic E-state index is 0.177. The summed E-state index contributed by atoms with van der Waals surface area (Å²) in [7, 11) is 2.93. The van der Waals surface area contributed by atoms with Crippen molar-refractivity contribution in [2.24, 2.45) is 4.99 Å². The molecule has 0 spiro atoms. The van der Waals surface area contributed by atoms with Crippen LogP contribution in [0, 0.1) is 0 Å². The summed E-state index contributed by atoms with van der Waals surface area (Å²) in [5.41, 5.74) is 0. The van der Waals surface area contributed by atoms with E-state index in [1.54, 1.807) is 20.9 Å². The summed E-state index contributed by atoms with van der Waals surface area (Å²) in [5.74, 6) is 0.196. The predicted octanol–water partition coefficient (Wildman–Crippen LogP) is 0.404. The van der Waals surface area contributed by atoms with Crippen LogP contribution in [0.5, 0.6) is 0 Å². The van der Waals surface area contributed by atoms with Gasteiger partial charge in [0.2, 0.25) is 0 Å². The topological polar surface area (TPSA) is 101 Å². The number of alkyl carbamates (subject to hydrolysis) is 1. The van der Waals surface area contributed by atoms with Crippen molar-refractivity contribution in [1.82, 2.24) is 16.0 Å². The van der Waals surface area contributed by atoms with Crippen LogP contribution in [-0.2, 0) is 14.3 Å². The summed E-state index contributed by atoms with van der Waals surface area (Å²) in [6, 6.07) is -0.570. The number of amides is 1. The normalized spacial score (nSPS) is 12.5. The van der Waals surface area contributed by atoms with Crippen LogP contribution in [0.3, 0.4) is 0 Å². The van der Waals surface area contributed by atoms with Crippen molar-refractivity contribution in [3.63, 3.8) is 0 Å². The Morgan fingerprint density at radius 3 is 2.50 bits per heavy atom. The highest BCUT2D eigenvalue weighted by Crippen LogP contribution is 1.97. The van der Waals surface area contributed by atoms with Gasteiger partial charge in [0.25, 0.3) is 0 Å². The smallest absolute Gasteiger partial charge is 0.407 e. The fourth-order valence-corrected chi connectivity index (χ4v) is 1.57. The van der Waals surface area contributed by atoms with Gasteiger partial charge in [-0.1, -0.05) is 6.58 Å². The molecule has 8 nitrogen and oxygen atoms in total.